The maximum absolute atomic E-state index is 4.81. The molecule has 0 unspecified atom stereocenters. The third-order valence-corrected chi connectivity index (χ3v) is 4.09. The van der Waals surface area contributed by atoms with Gasteiger partial charge >= 0.3 is 0 Å². The summed E-state index contributed by atoms with van der Waals surface area (Å²) in [6.07, 6.45) is 1.31. The average molecular weight is 231 g/mol. The SMILES string of the molecule is CC(C)c1cccc(N2CC[C@H]3CNC[C@H]32)n1. The molecule has 1 aromatic rings. The van der Waals surface area contributed by atoms with Crippen molar-refractivity contribution in [2.45, 2.75) is 32.2 Å². The molecule has 2 atom stereocenters. The van der Waals surface area contributed by atoms with E-state index in [1.165, 1.54) is 31.0 Å². The Morgan fingerprint density at radius 1 is 1.35 bits per heavy atom. The molecular weight excluding hydrogens is 210 g/mol. The van der Waals surface area contributed by atoms with Gasteiger partial charge in [-0.1, -0.05) is 19.9 Å². The first-order valence-electron chi connectivity index (χ1n) is 6.70. The largest absolute Gasteiger partial charge is 0.352 e. The van der Waals surface area contributed by atoms with Crippen LogP contribution in [0.2, 0.25) is 0 Å². The van der Waals surface area contributed by atoms with Crippen LogP contribution in [0.15, 0.2) is 18.2 Å². The number of hydrogen-bond acceptors (Lipinski definition) is 3. The van der Waals surface area contributed by atoms with Crippen LogP contribution in [0, 0.1) is 5.92 Å². The molecule has 2 saturated heterocycles. The Bertz CT molecular complexity index is 402. The molecule has 3 heterocycles. The number of nitrogens with one attached hydrogen (secondary N) is 1. The molecule has 0 bridgehead atoms. The normalized spacial score (nSPS) is 27.8. The summed E-state index contributed by atoms with van der Waals surface area (Å²) in [5.41, 5.74) is 1.21. The predicted octanol–water partition coefficient (Wildman–Crippen LogP) is 2.00. The summed E-state index contributed by atoms with van der Waals surface area (Å²) < 4.78 is 0. The Morgan fingerprint density at radius 3 is 3.06 bits per heavy atom. The maximum Gasteiger partial charge on any atom is 0.129 e. The first-order chi connectivity index (χ1) is 8.25. The third-order valence-electron chi connectivity index (χ3n) is 4.09. The van der Waals surface area contributed by atoms with Crippen molar-refractivity contribution in [3.8, 4) is 0 Å². The minimum atomic E-state index is 0.509. The highest BCUT2D eigenvalue weighted by molar-refractivity contribution is 5.43. The van der Waals surface area contributed by atoms with E-state index in [2.05, 4.69) is 42.3 Å². The van der Waals surface area contributed by atoms with Crippen molar-refractivity contribution >= 4 is 5.82 Å². The molecule has 92 valence electrons. The summed E-state index contributed by atoms with van der Waals surface area (Å²) in [4.78, 5) is 7.31. The van der Waals surface area contributed by atoms with Crippen molar-refractivity contribution in [2.24, 2.45) is 5.92 Å². The zero-order valence-corrected chi connectivity index (χ0v) is 10.7. The van der Waals surface area contributed by atoms with Gasteiger partial charge in [-0.25, -0.2) is 4.98 Å². The van der Waals surface area contributed by atoms with Crippen LogP contribution in [-0.2, 0) is 0 Å². The summed E-state index contributed by atoms with van der Waals surface area (Å²) in [7, 11) is 0. The molecule has 0 aliphatic carbocycles. The zero-order chi connectivity index (χ0) is 11.8. The Morgan fingerprint density at radius 2 is 2.24 bits per heavy atom. The quantitative estimate of drug-likeness (QED) is 0.844. The van der Waals surface area contributed by atoms with E-state index in [1.54, 1.807) is 0 Å². The van der Waals surface area contributed by atoms with Crippen molar-refractivity contribution in [1.29, 1.82) is 0 Å². The third kappa shape index (κ3) is 1.93. The molecule has 0 aromatic carbocycles. The second kappa shape index (κ2) is 4.30. The summed E-state index contributed by atoms with van der Waals surface area (Å²) in [6, 6.07) is 7.11. The van der Waals surface area contributed by atoms with E-state index in [-0.39, 0.29) is 0 Å². The molecular formula is C14H21N3. The maximum atomic E-state index is 4.81. The number of fused-ring (bicyclic) bond motifs is 1. The fourth-order valence-corrected chi connectivity index (χ4v) is 3.05. The highest BCUT2D eigenvalue weighted by Gasteiger charge is 2.37. The van der Waals surface area contributed by atoms with Crippen molar-refractivity contribution in [3.63, 3.8) is 0 Å². The first kappa shape index (κ1) is 11.0. The van der Waals surface area contributed by atoms with Crippen LogP contribution in [-0.4, -0.2) is 30.7 Å². The predicted molar refractivity (Wildman–Crippen MR) is 70.4 cm³/mol. The number of nitrogens with zero attached hydrogens (tertiary/aromatic N) is 2. The van der Waals surface area contributed by atoms with Crippen LogP contribution in [0.1, 0.15) is 31.9 Å². The van der Waals surface area contributed by atoms with Crippen LogP contribution >= 0.6 is 0 Å². The Kier molecular flexibility index (Phi) is 2.79. The van der Waals surface area contributed by atoms with Gasteiger partial charge in [-0.15, -0.1) is 0 Å². The van der Waals surface area contributed by atoms with Crippen molar-refractivity contribution in [2.75, 3.05) is 24.5 Å². The monoisotopic (exact) mass is 231 g/mol. The number of anilines is 1. The molecule has 3 rings (SSSR count). The standard InChI is InChI=1S/C14H21N3/c1-10(2)12-4-3-5-14(16-12)17-7-6-11-8-15-9-13(11)17/h3-5,10-11,13,15H,6-9H2,1-2H3/t11-,13+/m0/s1. The van der Waals surface area contributed by atoms with Crippen LogP contribution < -0.4 is 10.2 Å². The van der Waals surface area contributed by atoms with Gasteiger partial charge in [-0.05, 0) is 30.4 Å². The lowest BCUT2D eigenvalue weighted by molar-refractivity contribution is 0.577. The van der Waals surface area contributed by atoms with E-state index in [0.29, 0.717) is 12.0 Å². The van der Waals surface area contributed by atoms with E-state index < -0.39 is 0 Å². The van der Waals surface area contributed by atoms with Gasteiger partial charge in [0, 0.05) is 31.4 Å². The first-order valence-corrected chi connectivity index (χ1v) is 6.70. The lowest BCUT2D eigenvalue weighted by atomic mass is 10.1. The summed E-state index contributed by atoms with van der Waals surface area (Å²) in [6.45, 7) is 7.89. The van der Waals surface area contributed by atoms with Gasteiger partial charge < -0.3 is 10.2 Å². The molecule has 3 nitrogen and oxygen atoms in total. The second-order valence-corrected chi connectivity index (χ2v) is 5.54. The zero-order valence-electron chi connectivity index (χ0n) is 10.7. The molecule has 0 radical (unpaired) electrons. The smallest absolute Gasteiger partial charge is 0.129 e. The average Bonchev–Trinajstić information content (AvgIpc) is 2.90. The van der Waals surface area contributed by atoms with Gasteiger partial charge in [0.15, 0.2) is 0 Å². The Labute approximate surface area is 103 Å². The molecule has 17 heavy (non-hydrogen) atoms. The second-order valence-electron chi connectivity index (χ2n) is 5.54. The Balaban J connectivity index is 1.86. The topological polar surface area (TPSA) is 28.2 Å². The van der Waals surface area contributed by atoms with E-state index in [4.69, 9.17) is 4.98 Å². The highest BCUT2D eigenvalue weighted by Crippen LogP contribution is 2.31. The van der Waals surface area contributed by atoms with E-state index >= 15 is 0 Å². The number of rotatable bonds is 2. The van der Waals surface area contributed by atoms with Gasteiger partial charge in [0.2, 0.25) is 0 Å². The van der Waals surface area contributed by atoms with Crippen LogP contribution in [0.4, 0.5) is 5.82 Å². The molecule has 2 fully saturated rings. The van der Waals surface area contributed by atoms with E-state index in [9.17, 15) is 0 Å². The lowest BCUT2D eigenvalue weighted by Gasteiger charge is -2.25. The van der Waals surface area contributed by atoms with Crippen LogP contribution in [0.25, 0.3) is 0 Å². The number of pyridine rings is 1. The summed E-state index contributed by atoms with van der Waals surface area (Å²) in [5, 5.41) is 3.49. The molecule has 2 aliphatic heterocycles. The van der Waals surface area contributed by atoms with Crippen LogP contribution in [0.5, 0.6) is 0 Å². The highest BCUT2D eigenvalue weighted by atomic mass is 15.3. The Hall–Kier alpha value is -1.09. The fraction of sp³-hybridized carbons (Fsp3) is 0.643. The minimum Gasteiger partial charge on any atom is -0.352 e. The molecule has 0 saturated carbocycles. The molecule has 2 aliphatic rings. The summed E-state index contributed by atoms with van der Waals surface area (Å²) >= 11 is 0. The van der Waals surface area contributed by atoms with Gasteiger partial charge in [-0.3, -0.25) is 0 Å². The van der Waals surface area contributed by atoms with E-state index in [0.717, 1.165) is 12.5 Å². The van der Waals surface area contributed by atoms with Crippen molar-refractivity contribution in [3.05, 3.63) is 23.9 Å². The van der Waals surface area contributed by atoms with E-state index in [1.807, 2.05) is 0 Å². The van der Waals surface area contributed by atoms with Crippen molar-refractivity contribution < 1.29 is 0 Å². The minimum absolute atomic E-state index is 0.509. The molecule has 0 amide bonds. The van der Waals surface area contributed by atoms with Gasteiger partial charge in [-0.2, -0.15) is 0 Å². The molecule has 1 aromatic heterocycles. The fourth-order valence-electron chi connectivity index (χ4n) is 3.05. The van der Waals surface area contributed by atoms with Crippen LogP contribution in [0.3, 0.4) is 0 Å². The van der Waals surface area contributed by atoms with Gasteiger partial charge in [0.1, 0.15) is 5.82 Å². The number of hydrogen-bond donors (Lipinski definition) is 1. The summed E-state index contributed by atoms with van der Waals surface area (Å²) in [5.74, 6) is 2.52. The lowest BCUT2D eigenvalue weighted by Crippen LogP contribution is -2.34. The molecule has 3 heteroatoms. The van der Waals surface area contributed by atoms with Gasteiger partial charge in [0.05, 0.1) is 0 Å². The molecule has 0 spiro atoms. The number of aromatic nitrogens is 1. The molecule has 1 N–H and O–H groups in total. The van der Waals surface area contributed by atoms with Gasteiger partial charge in [0.25, 0.3) is 0 Å². The van der Waals surface area contributed by atoms with Crippen molar-refractivity contribution in [1.82, 2.24) is 10.3 Å².